The molecular weight excluding hydrogens is 304 g/mol. The second kappa shape index (κ2) is 8.53. The number of para-hydroxylation sites is 1. The summed E-state index contributed by atoms with van der Waals surface area (Å²) in [5.74, 6) is 0.322. The Morgan fingerprint density at radius 3 is 1.28 bits per heavy atom. The van der Waals surface area contributed by atoms with Crippen LogP contribution in [0.4, 0.5) is 0 Å². The van der Waals surface area contributed by atoms with E-state index in [0.717, 1.165) is 0 Å². The van der Waals surface area contributed by atoms with Crippen LogP contribution in [0, 0.1) is 0 Å². The third kappa shape index (κ3) is 4.30. The summed E-state index contributed by atoms with van der Waals surface area (Å²) in [6.45, 7) is 0. The van der Waals surface area contributed by atoms with Crippen molar-refractivity contribution in [3.8, 4) is 5.75 Å². The first-order valence-corrected chi connectivity index (χ1v) is 9.16. The van der Waals surface area contributed by atoms with Crippen molar-refractivity contribution in [3.05, 3.63) is 102 Å². The summed E-state index contributed by atoms with van der Waals surface area (Å²) >= 11 is 0. The average molecular weight is 330 g/mol. The van der Waals surface area contributed by atoms with Crippen molar-refractivity contribution in [1.82, 2.24) is 0 Å². The lowest BCUT2D eigenvalue weighted by Gasteiger charge is -2.38. The molecule has 0 spiro atoms. The summed E-state index contributed by atoms with van der Waals surface area (Å²) in [5.41, 5.74) is 3.26. The molecule has 3 aromatic carbocycles. The summed E-state index contributed by atoms with van der Waals surface area (Å²) in [7, 11) is 0. The van der Waals surface area contributed by atoms with Crippen LogP contribution in [0.2, 0.25) is 0 Å². The van der Waals surface area contributed by atoms with E-state index in [4.69, 9.17) is 5.11 Å². The van der Waals surface area contributed by atoms with Gasteiger partial charge in [-0.05, 0) is 36.1 Å². The van der Waals surface area contributed by atoms with Gasteiger partial charge in [-0.1, -0.05) is 98.1 Å². The lowest BCUT2D eigenvalue weighted by molar-refractivity contribution is 0.346. The molecule has 1 aliphatic carbocycles. The third-order valence-electron chi connectivity index (χ3n) is 5.12. The normalized spacial score (nSPS) is 15.7. The zero-order valence-electron chi connectivity index (χ0n) is 14.6. The molecular formula is C24H26O. The number of phenols is 1. The monoisotopic (exact) mass is 330 g/mol. The second-order valence-corrected chi connectivity index (χ2v) is 6.71. The summed E-state index contributed by atoms with van der Waals surface area (Å²) < 4.78 is 0. The maximum atomic E-state index is 8.63. The number of benzene rings is 3. The maximum Gasteiger partial charge on any atom is 0.115 e. The summed E-state index contributed by atoms with van der Waals surface area (Å²) in [5, 5.41) is 8.63. The molecule has 25 heavy (non-hydrogen) atoms. The first-order valence-electron chi connectivity index (χ1n) is 9.16. The molecule has 128 valence electrons. The molecule has 0 aliphatic heterocycles. The van der Waals surface area contributed by atoms with Gasteiger partial charge in [-0.25, -0.2) is 0 Å². The fourth-order valence-electron chi connectivity index (χ4n) is 3.84. The van der Waals surface area contributed by atoms with Crippen molar-refractivity contribution in [3.63, 3.8) is 0 Å². The van der Waals surface area contributed by atoms with E-state index in [9.17, 15) is 0 Å². The van der Waals surface area contributed by atoms with Crippen molar-refractivity contribution in [2.75, 3.05) is 0 Å². The lowest BCUT2D eigenvalue weighted by Crippen LogP contribution is -2.30. The molecule has 1 saturated carbocycles. The highest BCUT2D eigenvalue weighted by molar-refractivity contribution is 5.39. The van der Waals surface area contributed by atoms with E-state index >= 15 is 0 Å². The van der Waals surface area contributed by atoms with Crippen molar-refractivity contribution in [1.29, 1.82) is 0 Å². The second-order valence-electron chi connectivity index (χ2n) is 6.71. The van der Waals surface area contributed by atoms with Gasteiger partial charge in [0.15, 0.2) is 0 Å². The minimum Gasteiger partial charge on any atom is -0.508 e. The van der Waals surface area contributed by atoms with E-state index in [1.54, 1.807) is 24.3 Å². The smallest absolute Gasteiger partial charge is 0.115 e. The molecule has 4 rings (SSSR count). The SMILES string of the molecule is Oc1ccccc1.c1ccc(C2(c3ccccc3)CCCCC2)cc1. The zero-order valence-corrected chi connectivity index (χ0v) is 14.6. The predicted octanol–water partition coefficient (Wildman–Crippen LogP) is 6.33. The standard InChI is InChI=1S/C18H20.C6H6O/c1-4-10-16(11-5-1)18(14-8-3-9-15-18)17-12-6-2-7-13-17;7-6-4-2-1-3-5-6/h1-2,4-7,10-13H,3,8-9,14-15H2;1-5,7H. The Kier molecular flexibility index (Phi) is 5.90. The maximum absolute atomic E-state index is 8.63. The fourth-order valence-corrected chi connectivity index (χ4v) is 3.84. The van der Waals surface area contributed by atoms with Gasteiger partial charge in [-0.15, -0.1) is 0 Å². The van der Waals surface area contributed by atoms with E-state index in [-0.39, 0.29) is 5.41 Å². The van der Waals surface area contributed by atoms with Crippen LogP contribution in [0.15, 0.2) is 91.0 Å². The summed E-state index contributed by atoms with van der Waals surface area (Å²) in [6.07, 6.45) is 6.68. The topological polar surface area (TPSA) is 20.2 Å². The number of hydrogen-bond acceptors (Lipinski definition) is 1. The fraction of sp³-hybridized carbons (Fsp3) is 0.250. The number of phenolic OH excluding ortho intramolecular Hbond substituents is 1. The Hall–Kier alpha value is -2.54. The Morgan fingerprint density at radius 2 is 0.920 bits per heavy atom. The molecule has 0 heterocycles. The van der Waals surface area contributed by atoms with Gasteiger partial charge in [-0.3, -0.25) is 0 Å². The lowest BCUT2D eigenvalue weighted by atomic mass is 9.65. The van der Waals surface area contributed by atoms with Crippen molar-refractivity contribution in [2.24, 2.45) is 0 Å². The van der Waals surface area contributed by atoms with Crippen molar-refractivity contribution in [2.45, 2.75) is 37.5 Å². The van der Waals surface area contributed by atoms with Crippen LogP contribution < -0.4 is 0 Å². The number of rotatable bonds is 2. The van der Waals surface area contributed by atoms with Gasteiger partial charge < -0.3 is 5.11 Å². The van der Waals surface area contributed by atoms with E-state index in [1.165, 1.54) is 43.2 Å². The van der Waals surface area contributed by atoms with Gasteiger partial charge in [0.25, 0.3) is 0 Å². The van der Waals surface area contributed by atoms with Crippen LogP contribution in [0.5, 0.6) is 5.75 Å². The number of aromatic hydroxyl groups is 1. The Labute approximate surface area is 151 Å². The highest BCUT2D eigenvalue weighted by atomic mass is 16.3. The molecule has 0 bridgehead atoms. The molecule has 1 N–H and O–H groups in total. The molecule has 0 amide bonds. The Balaban J connectivity index is 0.000000219. The van der Waals surface area contributed by atoms with Crippen LogP contribution >= 0.6 is 0 Å². The third-order valence-corrected chi connectivity index (χ3v) is 5.12. The molecule has 1 aliphatic rings. The van der Waals surface area contributed by atoms with Crippen LogP contribution in [0.1, 0.15) is 43.2 Å². The van der Waals surface area contributed by atoms with Gasteiger partial charge in [0.05, 0.1) is 0 Å². The van der Waals surface area contributed by atoms with Crippen LogP contribution in [0.25, 0.3) is 0 Å². The van der Waals surface area contributed by atoms with E-state index < -0.39 is 0 Å². The number of hydrogen-bond donors (Lipinski definition) is 1. The molecule has 0 atom stereocenters. The Morgan fingerprint density at radius 1 is 0.520 bits per heavy atom. The quantitative estimate of drug-likeness (QED) is 0.582. The van der Waals surface area contributed by atoms with E-state index in [1.807, 2.05) is 6.07 Å². The van der Waals surface area contributed by atoms with Crippen molar-refractivity contribution >= 4 is 0 Å². The summed E-state index contributed by atoms with van der Waals surface area (Å²) in [4.78, 5) is 0. The molecule has 1 fully saturated rings. The van der Waals surface area contributed by atoms with Crippen LogP contribution in [-0.4, -0.2) is 5.11 Å². The molecule has 3 aromatic rings. The molecule has 0 radical (unpaired) electrons. The van der Waals surface area contributed by atoms with E-state index in [0.29, 0.717) is 5.75 Å². The van der Waals surface area contributed by atoms with Gasteiger partial charge in [0.1, 0.15) is 5.75 Å². The minimum absolute atomic E-state index is 0.265. The van der Waals surface area contributed by atoms with Crippen LogP contribution in [-0.2, 0) is 5.41 Å². The highest BCUT2D eigenvalue weighted by Gasteiger charge is 2.35. The van der Waals surface area contributed by atoms with Gasteiger partial charge in [0, 0.05) is 5.41 Å². The Bertz CT molecular complexity index is 687. The highest BCUT2D eigenvalue weighted by Crippen LogP contribution is 2.44. The predicted molar refractivity (Wildman–Crippen MR) is 105 cm³/mol. The average Bonchev–Trinajstić information content (AvgIpc) is 2.71. The molecule has 0 unspecified atom stereocenters. The molecule has 0 aromatic heterocycles. The zero-order chi connectivity index (χ0) is 17.4. The first kappa shape index (κ1) is 17.3. The van der Waals surface area contributed by atoms with Gasteiger partial charge >= 0.3 is 0 Å². The van der Waals surface area contributed by atoms with Crippen LogP contribution in [0.3, 0.4) is 0 Å². The summed E-state index contributed by atoms with van der Waals surface area (Å²) in [6, 6.07) is 30.9. The van der Waals surface area contributed by atoms with Crippen molar-refractivity contribution < 1.29 is 5.11 Å². The van der Waals surface area contributed by atoms with Gasteiger partial charge in [0.2, 0.25) is 0 Å². The first-order chi connectivity index (χ1) is 12.3. The molecule has 1 heteroatoms. The minimum atomic E-state index is 0.265. The van der Waals surface area contributed by atoms with E-state index in [2.05, 4.69) is 60.7 Å². The molecule has 0 saturated heterocycles. The molecule has 1 nitrogen and oxygen atoms in total. The van der Waals surface area contributed by atoms with Gasteiger partial charge in [-0.2, -0.15) is 0 Å². The largest absolute Gasteiger partial charge is 0.508 e.